The van der Waals surface area contributed by atoms with Gasteiger partial charge in [-0.25, -0.2) is 0 Å². The lowest BCUT2D eigenvalue weighted by Gasteiger charge is -2.29. The van der Waals surface area contributed by atoms with Crippen LogP contribution in [0.3, 0.4) is 0 Å². The molecular formula is C17H23N3O. The van der Waals surface area contributed by atoms with Gasteiger partial charge in [-0.2, -0.15) is 0 Å². The summed E-state index contributed by atoms with van der Waals surface area (Å²) < 4.78 is 5.99. The van der Waals surface area contributed by atoms with Gasteiger partial charge in [0.15, 0.2) is 0 Å². The zero-order chi connectivity index (χ0) is 15.0. The molecule has 0 spiro atoms. The van der Waals surface area contributed by atoms with E-state index in [9.17, 15) is 0 Å². The molecule has 0 saturated carbocycles. The summed E-state index contributed by atoms with van der Waals surface area (Å²) in [6.07, 6.45) is 2.26. The first-order valence-corrected chi connectivity index (χ1v) is 7.58. The minimum Gasteiger partial charge on any atom is -0.375 e. The molecule has 112 valence electrons. The predicted octanol–water partition coefficient (Wildman–Crippen LogP) is 2.80. The summed E-state index contributed by atoms with van der Waals surface area (Å²) in [5.41, 5.74) is 5.23. The number of hydrogen-bond acceptors (Lipinski definition) is 4. The van der Waals surface area contributed by atoms with Crippen molar-refractivity contribution in [2.24, 2.45) is 17.7 Å². The average Bonchev–Trinajstić information content (AvgIpc) is 2.75. The fourth-order valence-corrected chi connectivity index (χ4v) is 3.67. The molecule has 1 fully saturated rings. The maximum Gasteiger partial charge on any atom is 0.0705 e. The van der Waals surface area contributed by atoms with Gasteiger partial charge < -0.3 is 4.74 Å². The fraction of sp³-hybridized carbons (Fsp3) is 0.471. The van der Waals surface area contributed by atoms with Crippen LogP contribution in [0.4, 0.5) is 0 Å². The number of hydrogen-bond donors (Lipinski definition) is 2. The smallest absolute Gasteiger partial charge is 0.0705 e. The molecule has 4 heteroatoms. The Kier molecular flexibility index (Phi) is 3.93. The van der Waals surface area contributed by atoms with Crippen LogP contribution in [0, 0.1) is 11.8 Å². The maximum absolute atomic E-state index is 5.99. The van der Waals surface area contributed by atoms with E-state index in [1.807, 2.05) is 24.4 Å². The van der Waals surface area contributed by atoms with Gasteiger partial charge in [0.05, 0.1) is 23.8 Å². The molecule has 0 aliphatic carbocycles. The Labute approximate surface area is 125 Å². The quantitative estimate of drug-likeness (QED) is 0.672. The second-order valence-electron chi connectivity index (χ2n) is 6.04. The van der Waals surface area contributed by atoms with Crippen molar-refractivity contribution >= 4 is 10.9 Å². The highest BCUT2D eigenvalue weighted by Crippen LogP contribution is 2.41. The molecule has 1 saturated heterocycles. The summed E-state index contributed by atoms with van der Waals surface area (Å²) in [5.74, 6) is 6.71. The number of aromatic nitrogens is 1. The molecule has 5 unspecified atom stereocenters. The molecule has 3 N–H and O–H groups in total. The molecule has 1 aromatic carbocycles. The first-order chi connectivity index (χ1) is 10.1. The minimum absolute atomic E-state index is 0.0628. The van der Waals surface area contributed by atoms with E-state index in [0.717, 1.165) is 10.9 Å². The van der Waals surface area contributed by atoms with Crippen molar-refractivity contribution in [3.63, 3.8) is 0 Å². The largest absolute Gasteiger partial charge is 0.375 e. The minimum atomic E-state index is 0.0628. The highest BCUT2D eigenvalue weighted by molar-refractivity contribution is 5.82. The lowest BCUT2D eigenvalue weighted by molar-refractivity contribution is 0.0475. The van der Waals surface area contributed by atoms with Gasteiger partial charge >= 0.3 is 0 Å². The molecule has 1 aromatic heterocycles. The molecule has 0 radical (unpaired) electrons. The molecule has 1 aliphatic rings. The van der Waals surface area contributed by atoms with E-state index >= 15 is 0 Å². The summed E-state index contributed by atoms with van der Waals surface area (Å²) >= 11 is 0. The van der Waals surface area contributed by atoms with Crippen LogP contribution >= 0.6 is 0 Å². The van der Waals surface area contributed by atoms with E-state index in [0.29, 0.717) is 11.8 Å². The molecule has 5 atom stereocenters. The lowest BCUT2D eigenvalue weighted by atomic mass is 9.80. The summed E-state index contributed by atoms with van der Waals surface area (Å²) in [4.78, 5) is 4.44. The number of benzene rings is 1. The van der Waals surface area contributed by atoms with E-state index in [4.69, 9.17) is 10.6 Å². The monoisotopic (exact) mass is 285 g/mol. The van der Waals surface area contributed by atoms with Crippen molar-refractivity contribution in [1.29, 1.82) is 0 Å². The molecule has 3 rings (SSSR count). The molecule has 0 bridgehead atoms. The number of rotatable bonds is 3. The van der Waals surface area contributed by atoms with Crippen LogP contribution in [0.5, 0.6) is 0 Å². The first-order valence-electron chi connectivity index (χ1n) is 7.58. The van der Waals surface area contributed by atoms with Crippen LogP contribution in [-0.4, -0.2) is 17.2 Å². The van der Waals surface area contributed by atoms with Gasteiger partial charge in [-0.05, 0) is 37.5 Å². The van der Waals surface area contributed by atoms with E-state index in [-0.39, 0.29) is 18.2 Å². The zero-order valence-electron chi connectivity index (χ0n) is 12.8. The number of pyridine rings is 1. The average molecular weight is 285 g/mol. The van der Waals surface area contributed by atoms with Crippen LogP contribution in [0.2, 0.25) is 0 Å². The second-order valence-corrected chi connectivity index (χ2v) is 6.04. The number of nitrogens with zero attached hydrogens (tertiary/aromatic N) is 1. The molecular weight excluding hydrogens is 262 g/mol. The number of nitrogens with two attached hydrogens (primary N) is 1. The van der Waals surface area contributed by atoms with Crippen LogP contribution in [-0.2, 0) is 4.74 Å². The number of ether oxygens (including phenoxy) is 1. The Morgan fingerprint density at radius 1 is 1.14 bits per heavy atom. The molecule has 2 heterocycles. The number of nitrogens with one attached hydrogen (secondary N) is 1. The van der Waals surface area contributed by atoms with E-state index in [1.165, 1.54) is 5.56 Å². The third kappa shape index (κ3) is 2.44. The van der Waals surface area contributed by atoms with E-state index in [2.05, 4.69) is 43.3 Å². The van der Waals surface area contributed by atoms with Gasteiger partial charge in [-0.1, -0.05) is 25.1 Å². The maximum atomic E-state index is 5.99. The van der Waals surface area contributed by atoms with Crippen molar-refractivity contribution in [1.82, 2.24) is 10.4 Å². The molecule has 1 aliphatic heterocycles. The first kappa shape index (κ1) is 14.4. The second kappa shape index (κ2) is 5.72. The molecule has 21 heavy (non-hydrogen) atoms. The highest BCUT2D eigenvalue weighted by Gasteiger charge is 2.42. The van der Waals surface area contributed by atoms with Gasteiger partial charge in [0.1, 0.15) is 0 Å². The van der Waals surface area contributed by atoms with Crippen molar-refractivity contribution in [2.75, 3.05) is 0 Å². The van der Waals surface area contributed by atoms with Crippen LogP contribution < -0.4 is 11.3 Å². The van der Waals surface area contributed by atoms with Crippen LogP contribution in [0.15, 0.2) is 36.5 Å². The number of fused-ring (bicyclic) bond motifs is 1. The Bertz CT molecular complexity index is 625. The van der Waals surface area contributed by atoms with Crippen LogP contribution in [0.1, 0.15) is 32.4 Å². The Hall–Kier alpha value is -1.49. The summed E-state index contributed by atoms with van der Waals surface area (Å²) in [6, 6.07) is 10.4. The summed E-state index contributed by atoms with van der Waals surface area (Å²) in [6.45, 7) is 6.52. The fourth-order valence-electron chi connectivity index (χ4n) is 3.67. The van der Waals surface area contributed by atoms with Gasteiger partial charge in [0, 0.05) is 17.5 Å². The van der Waals surface area contributed by atoms with Crippen LogP contribution in [0.25, 0.3) is 10.9 Å². The van der Waals surface area contributed by atoms with Crippen molar-refractivity contribution in [2.45, 2.75) is 39.0 Å². The standard InChI is InChI=1S/C17H23N3O/c1-10-11(2)21-12(3)16(10)17(20-18)14-6-4-8-15-13(14)7-5-9-19-15/h4-12,16-17,20H,18H2,1-3H3. The Morgan fingerprint density at radius 2 is 1.95 bits per heavy atom. The Morgan fingerprint density at radius 3 is 2.62 bits per heavy atom. The Balaban J connectivity index is 2.07. The molecule has 2 aromatic rings. The third-order valence-corrected chi connectivity index (χ3v) is 4.90. The third-order valence-electron chi connectivity index (χ3n) is 4.90. The molecule has 0 amide bonds. The summed E-state index contributed by atoms with van der Waals surface area (Å²) in [5, 5.41) is 1.15. The van der Waals surface area contributed by atoms with Gasteiger partial charge in [0.2, 0.25) is 0 Å². The van der Waals surface area contributed by atoms with Crippen molar-refractivity contribution < 1.29 is 4.74 Å². The highest BCUT2D eigenvalue weighted by atomic mass is 16.5. The summed E-state index contributed by atoms with van der Waals surface area (Å²) in [7, 11) is 0. The SMILES string of the molecule is CC1OC(C)C(C(NN)c2cccc3ncccc23)C1C. The van der Waals surface area contributed by atoms with Gasteiger partial charge in [0.25, 0.3) is 0 Å². The zero-order valence-corrected chi connectivity index (χ0v) is 12.8. The lowest BCUT2D eigenvalue weighted by Crippen LogP contribution is -2.38. The normalized spacial score (nSPS) is 30.7. The van der Waals surface area contributed by atoms with E-state index in [1.54, 1.807) is 0 Å². The van der Waals surface area contributed by atoms with Gasteiger partial charge in [-0.3, -0.25) is 16.3 Å². The molecule has 4 nitrogen and oxygen atoms in total. The van der Waals surface area contributed by atoms with Crippen molar-refractivity contribution in [3.05, 3.63) is 42.1 Å². The predicted molar refractivity (Wildman–Crippen MR) is 84.5 cm³/mol. The van der Waals surface area contributed by atoms with Crippen molar-refractivity contribution in [3.8, 4) is 0 Å². The topological polar surface area (TPSA) is 60.2 Å². The van der Waals surface area contributed by atoms with E-state index < -0.39 is 0 Å². The van der Waals surface area contributed by atoms with Gasteiger partial charge in [-0.15, -0.1) is 0 Å². The number of hydrazine groups is 1.